The molecule has 106 valence electrons. The topological polar surface area (TPSA) is 55.8 Å². The van der Waals surface area contributed by atoms with Gasteiger partial charge in [0.25, 0.3) is 5.91 Å². The highest BCUT2D eigenvalue weighted by atomic mass is 16.7. The van der Waals surface area contributed by atoms with Crippen LogP contribution in [-0.2, 0) is 16.1 Å². The molecule has 4 rings (SSSR count). The largest absolute Gasteiger partial charge is 0.454 e. The van der Waals surface area contributed by atoms with Crippen molar-refractivity contribution >= 4 is 11.7 Å². The molecular weight excluding hydrogens is 270 g/mol. The summed E-state index contributed by atoms with van der Waals surface area (Å²) in [6, 6.07) is 5.39. The summed E-state index contributed by atoms with van der Waals surface area (Å²) in [7, 11) is 0. The molecule has 0 spiro atoms. The molecule has 0 saturated carbocycles. The molecule has 5 nitrogen and oxygen atoms in total. The van der Waals surface area contributed by atoms with Crippen molar-refractivity contribution in [1.82, 2.24) is 4.90 Å². The lowest BCUT2D eigenvalue weighted by Crippen LogP contribution is -2.33. The van der Waals surface area contributed by atoms with E-state index >= 15 is 0 Å². The van der Waals surface area contributed by atoms with E-state index in [4.69, 9.17) is 9.47 Å². The van der Waals surface area contributed by atoms with Gasteiger partial charge in [-0.2, -0.15) is 0 Å². The van der Waals surface area contributed by atoms with Gasteiger partial charge in [-0.05, 0) is 17.7 Å². The van der Waals surface area contributed by atoms with Crippen LogP contribution in [0.4, 0.5) is 0 Å². The maximum atomic E-state index is 12.2. The molecule has 3 aliphatic rings. The van der Waals surface area contributed by atoms with Gasteiger partial charge in [-0.15, -0.1) is 0 Å². The highest BCUT2D eigenvalue weighted by Gasteiger charge is 2.45. The molecule has 1 aliphatic carbocycles. The Morgan fingerprint density at radius 3 is 2.81 bits per heavy atom. The molecule has 1 aromatic rings. The number of Topliss-reactive ketones (excluding diaryl/α,β-unsaturated/α-hetero) is 1. The van der Waals surface area contributed by atoms with Crippen molar-refractivity contribution in [3.05, 3.63) is 48.1 Å². The molecule has 1 fully saturated rings. The van der Waals surface area contributed by atoms with E-state index in [1.807, 2.05) is 36.4 Å². The van der Waals surface area contributed by atoms with Crippen molar-refractivity contribution in [2.24, 2.45) is 5.92 Å². The van der Waals surface area contributed by atoms with E-state index in [9.17, 15) is 9.59 Å². The highest BCUT2D eigenvalue weighted by molar-refractivity contribution is 6.39. The van der Waals surface area contributed by atoms with Crippen LogP contribution in [0.1, 0.15) is 5.56 Å². The number of carbonyl (C=O) groups is 2. The van der Waals surface area contributed by atoms with E-state index in [1.54, 1.807) is 11.0 Å². The first-order chi connectivity index (χ1) is 10.2. The zero-order valence-electron chi connectivity index (χ0n) is 11.2. The molecule has 1 aromatic carbocycles. The quantitative estimate of drug-likeness (QED) is 0.771. The molecule has 1 amide bonds. The van der Waals surface area contributed by atoms with Crippen molar-refractivity contribution in [2.45, 2.75) is 12.6 Å². The van der Waals surface area contributed by atoms with E-state index in [-0.39, 0.29) is 24.5 Å². The number of rotatable bonds is 2. The summed E-state index contributed by atoms with van der Waals surface area (Å²) < 4.78 is 10.6. The molecule has 2 atom stereocenters. The number of benzene rings is 1. The molecule has 21 heavy (non-hydrogen) atoms. The fourth-order valence-electron chi connectivity index (χ4n) is 2.97. The van der Waals surface area contributed by atoms with Crippen LogP contribution in [0.2, 0.25) is 0 Å². The number of hydrogen-bond donors (Lipinski definition) is 0. The molecular formula is C16H13NO4. The van der Waals surface area contributed by atoms with Crippen LogP contribution in [0, 0.1) is 5.92 Å². The van der Waals surface area contributed by atoms with Gasteiger partial charge in [-0.25, -0.2) is 0 Å². The van der Waals surface area contributed by atoms with E-state index < -0.39 is 5.91 Å². The van der Waals surface area contributed by atoms with Crippen LogP contribution in [0.25, 0.3) is 0 Å². The van der Waals surface area contributed by atoms with E-state index in [2.05, 4.69) is 0 Å². The number of amides is 1. The molecule has 0 unspecified atom stereocenters. The minimum atomic E-state index is -0.418. The van der Waals surface area contributed by atoms with Crippen LogP contribution in [0.15, 0.2) is 42.5 Å². The van der Waals surface area contributed by atoms with Gasteiger partial charge in [0, 0.05) is 6.54 Å². The van der Waals surface area contributed by atoms with E-state index in [0.717, 1.165) is 5.56 Å². The molecule has 0 radical (unpaired) electrons. The summed E-state index contributed by atoms with van der Waals surface area (Å²) in [6.07, 6.45) is 7.39. The van der Waals surface area contributed by atoms with Gasteiger partial charge in [0.15, 0.2) is 11.5 Å². The molecule has 2 aliphatic heterocycles. The number of ketones is 1. The van der Waals surface area contributed by atoms with E-state index in [0.29, 0.717) is 18.0 Å². The van der Waals surface area contributed by atoms with Gasteiger partial charge in [-0.3, -0.25) is 9.59 Å². The van der Waals surface area contributed by atoms with Crippen LogP contribution in [0.5, 0.6) is 11.5 Å². The number of allylic oxidation sites excluding steroid dienone is 2. The van der Waals surface area contributed by atoms with Crippen molar-refractivity contribution in [3.8, 4) is 11.5 Å². The Bertz CT molecular complexity index is 692. The minimum absolute atomic E-state index is 0.180. The summed E-state index contributed by atoms with van der Waals surface area (Å²) in [5.74, 6) is 0.291. The zero-order chi connectivity index (χ0) is 14.4. The number of ether oxygens (including phenoxy) is 2. The third kappa shape index (κ3) is 1.85. The summed E-state index contributed by atoms with van der Waals surface area (Å²) in [5, 5.41) is 0. The number of fused-ring (bicyclic) bond motifs is 2. The van der Waals surface area contributed by atoms with Crippen LogP contribution in [0.3, 0.4) is 0 Å². The number of carbonyl (C=O) groups excluding carboxylic acids is 2. The maximum Gasteiger partial charge on any atom is 0.291 e. The van der Waals surface area contributed by atoms with Gasteiger partial charge in [0.2, 0.25) is 12.6 Å². The summed E-state index contributed by atoms with van der Waals surface area (Å²) in [6.45, 7) is 0.610. The molecule has 0 bridgehead atoms. The number of likely N-dealkylation sites (tertiary alicyclic amines) is 1. The second-order valence-electron chi connectivity index (χ2n) is 5.27. The average molecular weight is 283 g/mol. The highest BCUT2D eigenvalue weighted by Crippen LogP contribution is 2.34. The Morgan fingerprint density at radius 1 is 1.10 bits per heavy atom. The average Bonchev–Trinajstić information content (AvgIpc) is 3.06. The Morgan fingerprint density at radius 2 is 1.90 bits per heavy atom. The summed E-state index contributed by atoms with van der Waals surface area (Å²) in [5.41, 5.74) is 0.920. The van der Waals surface area contributed by atoms with Gasteiger partial charge < -0.3 is 14.4 Å². The predicted molar refractivity (Wildman–Crippen MR) is 73.7 cm³/mol. The van der Waals surface area contributed by atoms with Crippen LogP contribution >= 0.6 is 0 Å². The first kappa shape index (κ1) is 12.2. The second kappa shape index (κ2) is 4.48. The van der Waals surface area contributed by atoms with Crippen molar-refractivity contribution in [3.63, 3.8) is 0 Å². The maximum absolute atomic E-state index is 12.2. The molecule has 0 aromatic heterocycles. The molecule has 2 heterocycles. The fraction of sp³-hybridized carbons (Fsp3) is 0.250. The molecule has 0 N–H and O–H groups in total. The van der Waals surface area contributed by atoms with Crippen molar-refractivity contribution in [2.75, 3.05) is 6.79 Å². The Balaban J connectivity index is 1.62. The van der Waals surface area contributed by atoms with Gasteiger partial charge in [0.1, 0.15) is 0 Å². The first-order valence-electron chi connectivity index (χ1n) is 6.82. The second-order valence-corrected chi connectivity index (χ2v) is 5.27. The van der Waals surface area contributed by atoms with Gasteiger partial charge in [-0.1, -0.05) is 30.4 Å². The lowest BCUT2D eigenvalue weighted by atomic mass is 9.95. The third-order valence-electron chi connectivity index (χ3n) is 4.03. The standard InChI is InChI=1S/C16H13NO4/c18-15-11-3-1-2-4-12(11)17(16(15)19)8-10-5-6-13-14(7-10)21-9-20-13/h1-7,11-12H,8-9H2/t11-,12+/m1/s1. The van der Waals surface area contributed by atoms with Crippen molar-refractivity contribution < 1.29 is 19.1 Å². The Kier molecular flexibility index (Phi) is 2.60. The Labute approximate surface area is 121 Å². The monoisotopic (exact) mass is 283 g/mol. The summed E-state index contributed by atoms with van der Waals surface area (Å²) in [4.78, 5) is 25.8. The fourth-order valence-corrected chi connectivity index (χ4v) is 2.97. The Hall–Kier alpha value is -2.56. The van der Waals surface area contributed by atoms with Crippen LogP contribution in [-0.4, -0.2) is 29.4 Å². The third-order valence-corrected chi connectivity index (χ3v) is 4.03. The predicted octanol–water partition coefficient (Wildman–Crippen LogP) is 1.44. The van der Waals surface area contributed by atoms with Gasteiger partial charge >= 0.3 is 0 Å². The van der Waals surface area contributed by atoms with Crippen LogP contribution < -0.4 is 9.47 Å². The normalized spacial score (nSPS) is 25.6. The van der Waals surface area contributed by atoms with Gasteiger partial charge in [0.05, 0.1) is 12.0 Å². The number of nitrogens with zero attached hydrogens (tertiary/aromatic N) is 1. The zero-order valence-corrected chi connectivity index (χ0v) is 11.2. The first-order valence-corrected chi connectivity index (χ1v) is 6.82. The molecule has 5 heteroatoms. The molecule has 1 saturated heterocycles. The smallest absolute Gasteiger partial charge is 0.291 e. The lowest BCUT2D eigenvalue weighted by molar-refractivity contribution is -0.141. The number of hydrogen-bond acceptors (Lipinski definition) is 4. The SMILES string of the molecule is O=C1C(=O)N(Cc2ccc3c(c2)OCO3)[C@H]2C=CC=C[C@@H]12. The minimum Gasteiger partial charge on any atom is -0.454 e. The summed E-state index contributed by atoms with van der Waals surface area (Å²) >= 11 is 0. The van der Waals surface area contributed by atoms with Crippen molar-refractivity contribution in [1.29, 1.82) is 0 Å². The lowest BCUT2D eigenvalue weighted by Gasteiger charge is -2.24. The van der Waals surface area contributed by atoms with E-state index in [1.165, 1.54) is 0 Å².